The van der Waals surface area contributed by atoms with Gasteiger partial charge in [0.15, 0.2) is 0 Å². The Morgan fingerprint density at radius 1 is 1.36 bits per heavy atom. The van der Waals surface area contributed by atoms with Crippen molar-refractivity contribution in [2.75, 3.05) is 0 Å². The van der Waals surface area contributed by atoms with Gasteiger partial charge in [-0.1, -0.05) is 13.8 Å². The first kappa shape index (κ1) is 7.56. The van der Waals surface area contributed by atoms with Crippen molar-refractivity contribution in [3.8, 4) is 0 Å². The van der Waals surface area contributed by atoms with E-state index >= 15 is 0 Å². The second-order valence-electron chi connectivity index (χ2n) is 4.69. The maximum absolute atomic E-state index is 9.67. The van der Waals surface area contributed by atoms with Crippen molar-refractivity contribution >= 4 is 0 Å². The van der Waals surface area contributed by atoms with Crippen LogP contribution in [0.4, 0.5) is 0 Å². The molecule has 2 heteroatoms. The highest BCUT2D eigenvalue weighted by molar-refractivity contribution is 5.12. The van der Waals surface area contributed by atoms with Gasteiger partial charge in [-0.3, -0.25) is 0 Å². The molecule has 1 unspecified atom stereocenters. The van der Waals surface area contributed by atoms with Crippen molar-refractivity contribution < 1.29 is 9.84 Å². The van der Waals surface area contributed by atoms with Crippen LogP contribution in [0.3, 0.4) is 0 Å². The minimum absolute atomic E-state index is 0.0347. The summed E-state index contributed by atoms with van der Waals surface area (Å²) in [4.78, 5) is 0. The number of hydrogen-bond donors (Lipinski definition) is 1. The number of ether oxygens (including phenoxy) is 1. The molecule has 0 aromatic heterocycles. The fraction of sp³-hybridized carbons (Fsp3) is 1.00. The van der Waals surface area contributed by atoms with Crippen molar-refractivity contribution in [1.82, 2.24) is 0 Å². The van der Waals surface area contributed by atoms with Gasteiger partial charge in [0, 0.05) is 5.41 Å². The number of rotatable bonds is 0. The first-order valence-corrected chi connectivity index (χ1v) is 4.33. The molecule has 1 saturated carbocycles. The average Bonchev–Trinajstić information content (AvgIpc) is 2.57. The first-order valence-electron chi connectivity index (χ1n) is 4.33. The van der Waals surface area contributed by atoms with Crippen molar-refractivity contribution in [2.24, 2.45) is 5.41 Å². The second kappa shape index (κ2) is 1.80. The SMILES string of the molecule is CC12CC[C@H](O)C(C)(C)[C@H]1O2. The van der Waals surface area contributed by atoms with Crippen LogP contribution < -0.4 is 0 Å². The van der Waals surface area contributed by atoms with Crippen LogP contribution in [0.1, 0.15) is 33.6 Å². The van der Waals surface area contributed by atoms with Crippen LogP contribution in [0.15, 0.2) is 0 Å². The normalized spacial score (nSPS) is 53.5. The molecule has 64 valence electrons. The maximum Gasteiger partial charge on any atom is 0.0946 e. The average molecular weight is 156 g/mol. The molecule has 0 radical (unpaired) electrons. The summed E-state index contributed by atoms with van der Waals surface area (Å²) >= 11 is 0. The predicted molar refractivity (Wildman–Crippen MR) is 42.3 cm³/mol. The predicted octanol–water partition coefficient (Wildman–Crippen LogP) is 1.32. The molecule has 1 saturated heterocycles. The minimum Gasteiger partial charge on any atom is -0.392 e. The van der Waals surface area contributed by atoms with Gasteiger partial charge >= 0.3 is 0 Å². The molecule has 0 aromatic rings. The minimum atomic E-state index is -0.178. The number of epoxide rings is 1. The van der Waals surface area contributed by atoms with E-state index in [0.717, 1.165) is 12.8 Å². The molecule has 3 atom stereocenters. The van der Waals surface area contributed by atoms with Gasteiger partial charge in [-0.05, 0) is 19.8 Å². The molecule has 0 spiro atoms. The van der Waals surface area contributed by atoms with E-state index in [2.05, 4.69) is 20.8 Å². The van der Waals surface area contributed by atoms with E-state index in [1.165, 1.54) is 0 Å². The summed E-state index contributed by atoms with van der Waals surface area (Å²) in [5, 5.41) is 9.67. The molecule has 2 rings (SSSR count). The van der Waals surface area contributed by atoms with Gasteiger partial charge in [-0.2, -0.15) is 0 Å². The maximum atomic E-state index is 9.67. The summed E-state index contributed by atoms with van der Waals surface area (Å²) in [6.45, 7) is 6.32. The Hall–Kier alpha value is -0.0800. The first-order chi connectivity index (χ1) is 4.97. The van der Waals surface area contributed by atoms with Crippen molar-refractivity contribution in [2.45, 2.75) is 51.4 Å². The van der Waals surface area contributed by atoms with E-state index in [9.17, 15) is 5.11 Å². The van der Waals surface area contributed by atoms with Gasteiger partial charge in [0.2, 0.25) is 0 Å². The Kier molecular flexibility index (Phi) is 1.24. The van der Waals surface area contributed by atoms with Crippen LogP contribution in [0.25, 0.3) is 0 Å². The van der Waals surface area contributed by atoms with Crippen LogP contribution in [0, 0.1) is 5.41 Å². The quantitative estimate of drug-likeness (QED) is 0.537. The van der Waals surface area contributed by atoms with Gasteiger partial charge in [-0.25, -0.2) is 0 Å². The van der Waals surface area contributed by atoms with Crippen molar-refractivity contribution in [3.05, 3.63) is 0 Å². The summed E-state index contributed by atoms with van der Waals surface area (Å²) in [6.07, 6.45) is 2.02. The number of aliphatic hydroxyl groups is 1. The van der Waals surface area contributed by atoms with Crippen LogP contribution in [-0.2, 0) is 4.74 Å². The van der Waals surface area contributed by atoms with E-state index < -0.39 is 0 Å². The summed E-state index contributed by atoms with van der Waals surface area (Å²) in [5.41, 5.74) is 0.0652. The number of fused-ring (bicyclic) bond motifs is 1. The molecule has 2 nitrogen and oxygen atoms in total. The smallest absolute Gasteiger partial charge is 0.0946 e. The third-order valence-corrected chi connectivity index (χ3v) is 3.33. The van der Waals surface area contributed by atoms with Gasteiger partial charge < -0.3 is 9.84 Å². The van der Waals surface area contributed by atoms with Crippen LogP contribution in [0.2, 0.25) is 0 Å². The molecule has 0 amide bonds. The standard InChI is InChI=1S/C9H16O2/c1-8(2)6(10)4-5-9(3)7(8)11-9/h6-7,10H,4-5H2,1-3H3/t6-,7+,9?/m0/s1. The van der Waals surface area contributed by atoms with Crippen LogP contribution in [0.5, 0.6) is 0 Å². The lowest BCUT2D eigenvalue weighted by molar-refractivity contribution is 0.0144. The molecule has 0 bridgehead atoms. The zero-order valence-electron chi connectivity index (χ0n) is 7.42. The monoisotopic (exact) mass is 156 g/mol. The Balaban J connectivity index is 2.20. The molecule has 11 heavy (non-hydrogen) atoms. The van der Waals surface area contributed by atoms with Crippen LogP contribution in [-0.4, -0.2) is 22.9 Å². The topological polar surface area (TPSA) is 32.8 Å². The number of aliphatic hydroxyl groups excluding tert-OH is 1. The lowest BCUT2D eigenvalue weighted by Crippen LogP contribution is -2.42. The van der Waals surface area contributed by atoms with Crippen LogP contribution >= 0.6 is 0 Å². The van der Waals surface area contributed by atoms with E-state index in [1.807, 2.05) is 0 Å². The molecule has 1 aliphatic heterocycles. The molecule has 2 fully saturated rings. The zero-order valence-corrected chi connectivity index (χ0v) is 7.42. The third-order valence-electron chi connectivity index (χ3n) is 3.33. The fourth-order valence-corrected chi connectivity index (χ4v) is 2.33. The van der Waals surface area contributed by atoms with E-state index in [4.69, 9.17) is 4.74 Å². The molecule has 1 aliphatic carbocycles. The van der Waals surface area contributed by atoms with E-state index in [1.54, 1.807) is 0 Å². The summed E-state index contributed by atoms with van der Waals surface area (Å²) in [5.74, 6) is 0. The highest BCUT2D eigenvalue weighted by atomic mass is 16.6. The largest absolute Gasteiger partial charge is 0.392 e. The van der Waals surface area contributed by atoms with Gasteiger partial charge in [-0.15, -0.1) is 0 Å². The molecule has 1 N–H and O–H groups in total. The van der Waals surface area contributed by atoms with Gasteiger partial charge in [0.25, 0.3) is 0 Å². The Morgan fingerprint density at radius 3 is 2.55 bits per heavy atom. The molecular formula is C9H16O2. The summed E-state index contributed by atoms with van der Waals surface area (Å²) in [7, 11) is 0. The highest BCUT2D eigenvalue weighted by Crippen LogP contribution is 2.55. The Morgan fingerprint density at radius 2 is 2.00 bits per heavy atom. The van der Waals surface area contributed by atoms with E-state index in [-0.39, 0.29) is 17.1 Å². The lowest BCUT2D eigenvalue weighted by Gasteiger charge is -2.34. The van der Waals surface area contributed by atoms with Crippen molar-refractivity contribution in [1.29, 1.82) is 0 Å². The number of hydrogen-bond acceptors (Lipinski definition) is 2. The molecule has 1 heterocycles. The van der Waals surface area contributed by atoms with E-state index in [0.29, 0.717) is 6.10 Å². The Labute approximate surface area is 67.6 Å². The highest BCUT2D eigenvalue weighted by Gasteiger charge is 2.64. The van der Waals surface area contributed by atoms with Crippen molar-refractivity contribution in [3.63, 3.8) is 0 Å². The van der Waals surface area contributed by atoms with Gasteiger partial charge in [0.05, 0.1) is 17.8 Å². The molecular weight excluding hydrogens is 140 g/mol. The third kappa shape index (κ3) is 0.859. The summed E-state index contributed by atoms with van der Waals surface area (Å²) in [6, 6.07) is 0. The molecule has 0 aromatic carbocycles. The fourth-order valence-electron chi connectivity index (χ4n) is 2.33. The Bertz CT molecular complexity index is 188. The zero-order chi connectivity index (χ0) is 8.28. The second-order valence-corrected chi connectivity index (χ2v) is 4.69. The van der Waals surface area contributed by atoms with Gasteiger partial charge in [0.1, 0.15) is 0 Å². The lowest BCUT2D eigenvalue weighted by atomic mass is 9.71. The summed E-state index contributed by atoms with van der Waals surface area (Å²) < 4.78 is 5.59. The molecule has 2 aliphatic rings.